The van der Waals surface area contributed by atoms with Gasteiger partial charge in [-0.2, -0.15) is 26.3 Å². The minimum Gasteiger partial charge on any atom is -0.413 e. The molecular weight excluding hydrogens is 854 g/mol. The van der Waals surface area contributed by atoms with Gasteiger partial charge in [0.1, 0.15) is 0 Å². The molecule has 0 saturated heterocycles. The van der Waals surface area contributed by atoms with Crippen molar-refractivity contribution in [2.75, 3.05) is 9.80 Å². The monoisotopic (exact) mass is 884 g/mol. The summed E-state index contributed by atoms with van der Waals surface area (Å²) >= 11 is 0. The van der Waals surface area contributed by atoms with Crippen molar-refractivity contribution in [3.63, 3.8) is 0 Å². The van der Waals surface area contributed by atoms with Crippen LogP contribution < -0.4 is 9.80 Å². The summed E-state index contributed by atoms with van der Waals surface area (Å²) in [6.07, 6.45) is -3.21. The van der Waals surface area contributed by atoms with E-state index >= 15 is 0 Å². The van der Waals surface area contributed by atoms with E-state index in [9.17, 15) is 35.9 Å². The van der Waals surface area contributed by atoms with Gasteiger partial charge in [-0.25, -0.2) is 0 Å². The van der Waals surface area contributed by atoms with Crippen molar-refractivity contribution in [3.8, 4) is 22.9 Å². The number of carbonyl (C=O) groups excluding carboxylic acids is 2. The van der Waals surface area contributed by atoms with E-state index in [0.717, 1.165) is 11.1 Å². The van der Waals surface area contributed by atoms with Gasteiger partial charge in [0.25, 0.3) is 11.8 Å². The molecule has 63 heavy (non-hydrogen) atoms. The molecule has 0 spiro atoms. The highest BCUT2D eigenvalue weighted by Crippen LogP contribution is 2.32. The van der Waals surface area contributed by atoms with Crippen molar-refractivity contribution in [1.82, 2.24) is 30.4 Å². The van der Waals surface area contributed by atoms with E-state index in [0.29, 0.717) is 33.6 Å². The smallest absolute Gasteiger partial charge is 0.413 e. The zero-order valence-corrected chi connectivity index (χ0v) is 33.1. The molecule has 0 radical (unpaired) electrons. The Morgan fingerprint density at radius 1 is 0.460 bits per heavy atom. The Hall–Kier alpha value is -7.73. The third-order valence-electron chi connectivity index (χ3n) is 8.90. The lowest BCUT2D eigenvalue weighted by Gasteiger charge is -2.23. The molecule has 0 aliphatic heterocycles. The molecular formula is C44H31ClF6N8O4. The van der Waals surface area contributed by atoms with Gasteiger partial charge >= 0.3 is 24.1 Å². The summed E-state index contributed by atoms with van der Waals surface area (Å²) in [7, 11) is 0. The number of anilines is 2. The molecule has 19 heteroatoms. The van der Waals surface area contributed by atoms with E-state index in [4.69, 9.17) is 8.83 Å². The Kier molecular flexibility index (Phi) is 14.1. The largest absolute Gasteiger partial charge is 0.470 e. The van der Waals surface area contributed by atoms with Crippen LogP contribution in [0.3, 0.4) is 0 Å². The number of alkyl halides is 6. The molecule has 0 fully saturated rings. The molecule has 2 amide bonds. The number of rotatable bonds is 10. The summed E-state index contributed by atoms with van der Waals surface area (Å²) in [6.45, 7) is 0.506. The van der Waals surface area contributed by atoms with Crippen molar-refractivity contribution in [2.24, 2.45) is 0 Å². The first-order valence-corrected chi connectivity index (χ1v) is 18.4. The van der Waals surface area contributed by atoms with Crippen LogP contribution in [0.5, 0.6) is 0 Å². The van der Waals surface area contributed by atoms with Crippen molar-refractivity contribution in [1.29, 1.82) is 0 Å². The Bertz CT molecular complexity index is 2520. The lowest BCUT2D eigenvalue weighted by atomic mass is 10.1. The van der Waals surface area contributed by atoms with Gasteiger partial charge < -0.3 is 18.6 Å². The van der Waals surface area contributed by atoms with Crippen LogP contribution in [-0.2, 0) is 25.4 Å². The first-order valence-electron chi connectivity index (χ1n) is 18.4. The van der Waals surface area contributed by atoms with E-state index in [1.807, 2.05) is 60.7 Å². The summed E-state index contributed by atoms with van der Waals surface area (Å²) in [4.78, 5) is 37.3. The lowest BCUT2D eigenvalue weighted by Crippen LogP contribution is -2.30. The zero-order chi connectivity index (χ0) is 43.7. The fourth-order valence-electron chi connectivity index (χ4n) is 5.86. The maximum atomic E-state index is 13.1. The second-order valence-electron chi connectivity index (χ2n) is 13.1. The van der Waals surface area contributed by atoms with Crippen LogP contribution in [0.1, 0.15) is 43.6 Å². The number of hydrogen-bond donors (Lipinski definition) is 0. The highest BCUT2D eigenvalue weighted by atomic mass is 35.5. The third-order valence-corrected chi connectivity index (χ3v) is 8.90. The Labute approximate surface area is 360 Å². The third kappa shape index (κ3) is 11.4. The summed E-state index contributed by atoms with van der Waals surface area (Å²) < 4.78 is 85.4. The summed E-state index contributed by atoms with van der Waals surface area (Å²) in [6, 6.07) is 37.9. The van der Waals surface area contributed by atoms with Gasteiger partial charge in [0.15, 0.2) is 0 Å². The molecule has 0 unspecified atom stereocenters. The van der Waals surface area contributed by atoms with E-state index in [1.54, 1.807) is 107 Å². The molecule has 0 N–H and O–H groups in total. The van der Waals surface area contributed by atoms with Crippen LogP contribution in [0.4, 0.5) is 37.7 Å². The Balaban J connectivity index is 0.000000206. The quantitative estimate of drug-likeness (QED) is 0.122. The molecule has 4 aromatic heterocycles. The topological polar surface area (TPSA) is 144 Å². The summed E-state index contributed by atoms with van der Waals surface area (Å²) in [5.74, 6) is -3.67. The fourth-order valence-corrected chi connectivity index (χ4v) is 5.86. The number of nitrogens with zero attached hydrogens (tertiary/aromatic N) is 8. The molecule has 320 valence electrons. The first kappa shape index (κ1) is 44.8. The van der Waals surface area contributed by atoms with E-state index in [2.05, 4.69) is 30.4 Å². The minimum atomic E-state index is -4.70. The highest BCUT2D eigenvalue weighted by molar-refractivity contribution is 6.06. The van der Waals surface area contributed by atoms with E-state index in [-0.39, 0.29) is 49.1 Å². The number of benzene rings is 4. The number of para-hydroxylation sites is 2. The predicted octanol–water partition coefficient (Wildman–Crippen LogP) is 10.4. The van der Waals surface area contributed by atoms with Crippen LogP contribution in [0.15, 0.2) is 167 Å². The molecule has 12 nitrogen and oxygen atoms in total. The average Bonchev–Trinajstić information content (AvgIpc) is 4.02. The van der Waals surface area contributed by atoms with E-state index < -0.39 is 24.1 Å². The molecule has 8 aromatic rings. The molecule has 0 bridgehead atoms. The lowest BCUT2D eigenvalue weighted by molar-refractivity contribution is -0.157. The maximum absolute atomic E-state index is 13.1. The van der Waals surface area contributed by atoms with E-state index in [1.165, 1.54) is 0 Å². The Morgan fingerprint density at radius 3 is 1.10 bits per heavy atom. The molecule has 4 heterocycles. The number of aromatic nitrogens is 6. The van der Waals surface area contributed by atoms with Crippen molar-refractivity contribution in [2.45, 2.75) is 25.4 Å². The second-order valence-corrected chi connectivity index (χ2v) is 13.1. The number of carbonyl (C=O) groups is 2. The van der Waals surface area contributed by atoms with Gasteiger partial charge in [-0.15, -0.1) is 32.8 Å². The summed E-state index contributed by atoms with van der Waals surface area (Å²) in [5, 5.41) is 13.0. The van der Waals surface area contributed by atoms with Crippen LogP contribution in [0.2, 0.25) is 0 Å². The van der Waals surface area contributed by atoms with Gasteiger partial charge in [0, 0.05) is 58.4 Å². The number of pyridine rings is 2. The molecule has 4 aromatic carbocycles. The molecule has 0 aliphatic carbocycles. The van der Waals surface area contributed by atoms with Gasteiger partial charge in [-0.05, 0) is 83.9 Å². The molecule has 0 aliphatic rings. The first-order chi connectivity index (χ1) is 29.8. The fraction of sp³-hybridized carbons (Fsp3) is 0.0909. The average molecular weight is 885 g/mol. The maximum Gasteiger partial charge on any atom is 0.470 e. The molecule has 0 atom stereocenters. The second kappa shape index (κ2) is 19.8. The molecule has 0 saturated carbocycles. The number of halogens is 7. The number of hydrogen-bond acceptors (Lipinski definition) is 10. The van der Waals surface area contributed by atoms with Crippen LogP contribution in [-0.4, -0.2) is 42.2 Å². The Morgan fingerprint density at radius 2 is 0.794 bits per heavy atom. The number of amides is 2. The minimum absolute atomic E-state index is 0. The zero-order valence-electron chi connectivity index (χ0n) is 32.3. The normalized spacial score (nSPS) is 11.1. The van der Waals surface area contributed by atoms with Gasteiger partial charge in [-0.1, -0.05) is 60.7 Å². The van der Waals surface area contributed by atoms with Crippen molar-refractivity contribution in [3.05, 3.63) is 192 Å². The highest BCUT2D eigenvalue weighted by Gasteiger charge is 2.39. The van der Waals surface area contributed by atoms with Crippen molar-refractivity contribution < 1.29 is 44.8 Å². The van der Waals surface area contributed by atoms with Gasteiger partial charge in [-0.3, -0.25) is 19.6 Å². The van der Waals surface area contributed by atoms with Crippen LogP contribution in [0.25, 0.3) is 22.9 Å². The molecule has 8 rings (SSSR count). The van der Waals surface area contributed by atoms with Crippen LogP contribution >= 0.6 is 12.4 Å². The van der Waals surface area contributed by atoms with Crippen LogP contribution in [0, 0.1) is 0 Å². The van der Waals surface area contributed by atoms with Gasteiger partial charge in [0.2, 0.25) is 11.8 Å². The standard InChI is InChI=1S/2C22H15F3N4O2.ClH/c2*23-22(24,25)21-28-27-19(31-21)16-8-6-15(7-9-16)14-29(18-4-2-1-3-5-18)20(30)17-10-12-26-13-11-17;/h2*1-13H,14H2;1H. The SMILES string of the molecule is Cl.O=C(c1ccncc1)N(Cc1ccc(-c2nnc(C(F)(F)F)o2)cc1)c1ccccc1.O=C(c1ccncc1)N(Cc1ccc(-c2nnc(C(F)(F)F)o2)cc1)c1ccccc1. The predicted molar refractivity (Wildman–Crippen MR) is 219 cm³/mol. The van der Waals surface area contributed by atoms with Gasteiger partial charge in [0.05, 0.1) is 13.1 Å². The van der Waals surface area contributed by atoms with Crippen molar-refractivity contribution >= 4 is 35.6 Å². The summed E-state index contributed by atoms with van der Waals surface area (Å²) in [5.41, 5.74) is 4.62.